The molecular weight excluding hydrogens is 432 g/mol. The number of thiophene rings is 1. The topological polar surface area (TPSA) is 103 Å². The highest BCUT2D eigenvalue weighted by Gasteiger charge is 2.30. The van der Waals surface area contributed by atoms with Gasteiger partial charge in [-0.15, -0.1) is 11.3 Å². The van der Waals surface area contributed by atoms with Crippen molar-refractivity contribution in [3.05, 3.63) is 34.2 Å². The lowest BCUT2D eigenvalue weighted by Gasteiger charge is -2.19. The number of benzene rings is 1. The molecule has 0 bridgehead atoms. The molecule has 2 N–H and O–H groups in total. The standard InChI is InChI=1S/C23H26N2O6S/c1-12(2)20(26)25-22-19(15-5-4-6-18(15)32-22)23(28)31-13(3)21(27)24-14-7-8-16-17(11-14)30-10-9-29-16/h7-8,11-13H,4-6,9-10H2,1-3H3,(H,24,27)(H,25,26)/t13-/m0/s1. The van der Waals surface area contributed by atoms with Crippen LogP contribution in [-0.2, 0) is 27.2 Å². The second-order valence-corrected chi connectivity index (χ2v) is 9.21. The van der Waals surface area contributed by atoms with Gasteiger partial charge in [0.25, 0.3) is 5.91 Å². The number of nitrogens with one attached hydrogen (secondary N) is 2. The first kappa shape index (κ1) is 22.1. The van der Waals surface area contributed by atoms with Crippen LogP contribution in [0.15, 0.2) is 18.2 Å². The fourth-order valence-electron chi connectivity index (χ4n) is 3.60. The molecule has 0 unspecified atom stereocenters. The Morgan fingerprint density at radius 2 is 1.75 bits per heavy atom. The van der Waals surface area contributed by atoms with Crippen molar-refractivity contribution >= 4 is 39.8 Å². The lowest BCUT2D eigenvalue weighted by molar-refractivity contribution is -0.123. The van der Waals surface area contributed by atoms with Crippen molar-refractivity contribution in [2.24, 2.45) is 5.92 Å². The van der Waals surface area contributed by atoms with Gasteiger partial charge in [-0.2, -0.15) is 0 Å². The van der Waals surface area contributed by atoms with Crippen LogP contribution in [0.2, 0.25) is 0 Å². The number of ether oxygens (including phenoxy) is 3. The molecule has 0 saturated heterocycles. The Hall–Kier alpha value is -3.07. The highest BCUT2D eigenvalue weighted by Crippen LogP contribution is 2.40. The number of aryl methyl sites for hydroxylation is 1. The fraction of sp³-hybridized carbons (Fsp3) is 0.435. The third-order valence-corrected chi connectivity index (χ3v) is 6.56. The van der Waals surface area contributed by atoms with Crippen LogP contribution in [0.5, 0.6) is 11.5 Å². The summed E-state index contributed by atoms with van der Waals surface area (Å²) in [6.07, 6.45) is 1.56. The van der Waals surface area contributed by atoms with Crippen LogP contribution in [-0.4, -0.2) is 37.1 Å². The Balaban J connectivity index is 1.45. The first-order valence-corrected chi connectivity index (χ1v) is 11.5. The van der Waals surface area contributed by atoms with E-state index in [1.165, 1.54) is 18.3 Å². The number of rotatable bonds is 6. The Bertz CT molecular complexity index is 1060. The maximum atomic E-state index is 13.0. The predicted octanol–water partition coefficient (Wildman–Crippen LogP) is 3.79. The minimum absolute atomic E-state index is 0.164. The quantitative estimate of drug-likeness (QED) is 0.639. The molecule has 1 aromatic carbocycles. The molecule has 2 amide bonds. The first-order valence-electron chi connectivity index (χ1n) is 10.7. The smallest absolute Gasteiger partial charge is 0.342 e. The van der Waals surface area contributed by atoms with E-state index in [0.717, 1.165) is 29.7 Å². The van der Waals surface area contributed by atoms with Gasteiger partial charge in [0.15, 0.2) is 17.6 Å². The van der Waals surface area contributed by atoms with Gasteiger partial charge in [0.2, 0.25) is 5.91 Å². The molecule has 0 saturated carbocycles. The molecule has 2 aromatic rings. The van der Waals surface area contributed by atoms with Crippen LogP contribution in [0.1, 0.15) is 48.0 Å². The molecule has 9 heteroatoms. The van der Waals surface area contributed by atoms with Gasteiger partial charge in [-0.3, -0.25) is 9.59 Å². The zero-order valence-electron chi connectivity index (χ0n) is 18.3. The number of fused-ring (bicyclic) bond motifs is 2. The lowest BCUT2D eigenvalue weighted by Crippen LogP contribution is -2.30. The van der Waals surface area contributed by atoms with Crippen LogP contribution in [0, 0.1) is 5.92 Å². The van der Waals surface area contributed by atoms with Crippen LogP contribution in [0.3, 0.4) is 0 Å². The van der Waals surface area contributed by atoms with E-state index in [-0.39, 0.29) is 11.8 Å². The summed E-state index contributed by atoms with van der Waals surface area (Å²) >= 11 is 1.41. The van der Waals surface area contributed by atoms with Gasteiger partial charge in [0.05, 0.1) is 5.56 Å². The van der Waals surface area contributed by atoms with Gasteiger partial charge in [-0.25, -0.2) is 4.79 Å². The molecule has 8 nitrogen and oxygen atoms in total. The average molecular weight is 459 g/mol. The van der Waals surface area contributed by atoms with Crippen LogP contribution < -0.4 is 20.1 Å². The molecule has 1 aliphatic carbocycles. The number of anilines is 2. The molecule has 4 rings (SSSR count). The van der Waals surface area contributed by atoms with Crippen molar-refractivity contribution in [3.63, 3.8) is 0 Å². The Labute approximate surface area is 190 Å². The van der Waals surface area contributed by atoms with Crippen molar-refractivity contribution in [1.82, 2.24) is 0 Å². The second-order valence-electron chi connectivity index (χ2n) is 8.10. The predicted molar refractivity (Wildman–Crippen MR) is 121 cm³/mol. The molecule has 1 aromatic heterocycles. The monoisotopic (exact) mass is 458 g/mol. The van der Waals surface area contributed by atoms with E-state index in [9.17, 15) is 14.4 Å². The number of carbonyl (C=O) groups is 3. The number of esters is 1. The molecular formula is C23H26N2O6S. The summed E-state index contributed by atoms with van der Waals surface area (Å²) in [5, 5.41) is 6.08. The molecule has 170 valence electrons. The number of amides is 2. The van der Waals surface area contributed by atoms with E-state index in [4.69, 9.17) is 14.2 Å². The normalized spacial score (nSPS) is 15.1. The zero-order valence-corrected chi connectivity index (χ0v) is 19.1. The van der Waals surface area contributed by atoms with Crippen molar-refractivity contribution in [2.75, 3.05) is 23.8 Å². The molecule has 0 spiro atoms. The van der Waals surface area contributed by atoms with Crippen LogP contribution >= 0.6 is 11.3 Å². The zero-order chi connectivity index (χ0) is 22.8. The van der Waals surface area contributed by atoms with Crippen LogP contribution in [0.25, 0.3) is 0 Å². The Morgan fingerprint density at radius 1 is 1.00 bits per heavy atom. The third-order valence-electron chi connectivity index (χ3n) is 5.35. The van der Waals surface area contributed by atoms with Gasteiger partial charge in [0.1, 0.15) is 18.2 Å². The van der Waals surface area contributed by atoms with E-state index in [1.807, 2.05) is 0 Å². The van der Waals surface area contributed by atoms with Gasteiger partial charge in [-0.05, 0) is 43.9 Å². The molecule has 2 heterocycles. The molecule has 32 heavy (non-hydrogen) atoms. The summed E-state index contributed by atoms with van der Waals surface area (Å²) in [6.45, 7) is 6.03. The van der Waals surface area contributed by atoms with E-state index < -0.39 is 18.0 Å². The van der Waals surface area contributed by atoms with Crippen molar-refractivity contribution in [3.8, 4) is 11.5 Å². The summed E-state index contributed by atoms with van der Waals surface area (Å²) in [7, 11) is 0. The lowest BCUT2D eigenvalue weighted by atomic mass is 10.1. The average Bonchev–Trinajstić information content (AvgIpc) is 3.34. The van der Waals surface area contributed by atoms with Crippen LogP contribution in [0.4, 0.5) is 10.7 Å². The van der Waals surface area contributed by atoms with Crippen molar-refractivity contribution < 1.29 is 28.6 Å². The summed E-state index contributed by atoms with van der Waals surface area (Å²) in [6, 6.07) is 5.09. The van der Waals surface area contributed by atoms with Gasteiger partial charge >= 0.3 is 5.97 Å². The molecule has 0 radical (unpaired) electrons. The summed E-state index contributed by atoms with van der Waals surface area (Å²) in [5.41, 5.74) is 1.80. The maximum absolute atomic E-state index is 13.0. The summed E-state index contributed by atoms with van der Waals surface area (Å²) in [5.74, 6) is -0.271. The highest BCUT2D eigenvalue weighted by molar-refractivity contribution is 7.17. The summed E-state index contributed by atoms with van der Waals surface area (Å²) in [4.78, 5) is 39.0. The highest BCUT2D eigenvalue weighted by atomic mass is 32.1. The van der Waals surface area contributed by atoms with E-state index in [0.29, 0.717) is 41.0 Å². The van der Waals surface area contributed by atoms with E-state index >= 15 is 0 Å². The first-order chi connectivity index (χ1) is 15.3. The Morgan fingerprint density at radius 3 is 2.50 bits per heavy atom. The van der Waals surface area contributed by atoms with Crippen molar-refractivity contribution in [2.45, 2.75) is 46.1 Å². The van der Waals surface area contributed by atoms with Gasteiger partial charge in [0, 0.05) is 22.5 Å². The number of carbonyl (C=O) groups excluding carboxylic acids is 3. The maximum Gasteiger partial charge on any atom is 0.342 e. The fourth-order valence-corrected chi connectivity index (χ4v) is 4.88. The minimum Gasteiger partial charge on any atom is -0.486 e. The van der Waals surface area contributed by atoms with Gasteiger partial charge < -0.3 is 24.8 Å². The molecule has 1 atom stereocenters. The SMILES string of the molecule is CC(C)C(=O)Nc1sc2c(c1C(=O)O[C@@H](C)C(=O)Nc1ccc3c(c1)OCCO3)CCC2. The number of hydrogen-bond acceptors (Lipinski definition) is 7. The van der Waals surface area contributed by atoms with E-state index in [2.05, 4.69) is 10.6 Å². The molecule has 2 aliphatic rings. The van der Waals surface area contributed by atoms with Gasteiger partial charge in [-0.1, -0.05) is 13.8 Å². The Kier molecular flexibility index (Phi) is 6.36. The second kappa shape index (κ2) is 9.20. The number of hydrogen-bond donors (Lipinski definition) is 2. The van der Waals surface area contributed by atoms with E-state index in [1.54, 1.807) is 32.0 Å². The molecule has 0 fully saturated rings. The minimum atomic E-state index is -1.03. The molecule has 1 aliphatic heterocycles. The third kappa shape index (κ3) is 4.57. The largest absolute Gasteiger partial charge is 0.486 e. The van der Waals surface area contributed by atoms with Crippen molar-refractivity contribution in [1.29, 1.82) is 0 Å². The summed E-state index contributed by atoms with van der Waals surface area (Å²) < 4.78 is 16.5.